The lowest BCUT2D eigenvalue weighted by Crippen LogP contribution is -2.29. The van der Waals surface area contributed by atoms with Crippen molar-refractivity contribution in [3.05, 3.63) is 29.8 Å². The maximum atomic E-state index is 12.8. The molecule has 1 heterocycles. The van der Waals surface area contributed by atoms with Crippen molar-refractivity contribution in [2.45, 2.75) is 38.9 Å². The van der Waals surface area contributed by atoms with Crippen molar-refractivity contribution in [2.24, 2.45) is 5.92 Å². The standard InChI is InChI=1S/C17H23NO4/c1-5-21-16(20)12(10-14-17(2,3)22-14)15(19)11-8-6-7-9-13(11)18-4/h6-9,12,14,18H,5,10H2,1-4H3. The van der Waals surface area contributed by atoms with Gasteiger partial charge in [-0.25, -0.2) is 0 Å². The van der Waals surface area contributed by atoms with Crippen LogP contribution in [0.2, 0.25) is 0 Å². The van der Waals surface area contributed by atoms with Crippen LogP contribution in [0.4, 0.5) is 5.69 Å². The first kappa shape index (κ1) is 16.5. The van der Waals surface area contributed by atoms with Crippen molar-refractivity contribution in [3.8, 4) is 0 Å². The summed E-state index contributed by atoms with van der Waals surface area (Å²) in [6.45, 7) is 5.89. The van der Waals surface area contributed by atoms with Gasteiger partial charge in [-0.05, 0) is 39.3 Å². The molecule has 1 aromatic carbocycles. The van der Waals surface area contributed by atoms with E-state index in [9.17, 15) is 9.59 Å². The SMILES string of the molecule is CCOC(=O)C(CC1OC1(C)C)C(=O)c1ccccc1NC. The number of anilines is 1. The quantitative estimate of drug-likeness (QED) is 0.363. The highest BCUT2D eigenvalue weighted by molar-refractivity contribution is 6.11. The number of carbonyl (C=O) groups excluding carboxylic acids is 2. The number of nitrogens with one attached hydrogen (secondary N) is 1. The summed E-state index contributed by atoms with van der Waals surface area (Å²) < 4.78 is 10.6. The van der Waals surface area contributed by atoms with Crippen molar-refractivity contribution in [1.29, 1.82) is 0 Å². The molecule has 0 amide bonds. The van der Waals surface area contributed by atoms with E-state index in [0.29, 0.717) is 17.7 Å². The van der Waals surface area contributed by atoms with Gasteiger partial charge in [-0.3, -0.25) is 9.59 Å². The molecule has 0 aromatic heterocycles. The molecule has 0 aliphatic carbocycles. The molecular weight excluding hydrogens is 282 g/mol. The van der Waals surface area contributed by atoms with Gasteiger partial charge in [0.25, 0.3) is 0 Å². The number of benzene rings is 1. The minimum atomic E-state index is -0.832. The van der Waals surface area contributed by atoms with E-state index in [1.165, 1.54) is 0 Å². The molecule has 1 aliphatic rings. The van der Waals surface area contributed by atoms with Crippen LogP contribution in [0.5, 0.6) is 0 Å². The molecule has 5 nitrogen and oxygen atoms in total. The number of ketones is 1. The molecule has 1 N–H and O–H groups in total. The Bertz CT molecular complexity index is 568. The van der Waals surface area contributed by atoms with Gasteiger partial charge in [-0.2, -0.15) is 0 Å². The molecule has 0 radical (unpaired) electrons. The maximum absolute atomic E-state index is 12.8. The van der Waals surface area contributed by atoms with Gasteiger partial charge in [0, 0.05) is 18.3 Å². The Morgan fingerprint density at radius 1 is 1.36 bits per heavy atom. The average molecular weight is 305 g/mol. The van der Waals surface area contributed by atoms with Crippen LogP contribution in [0.1, 0.15) is 37.6 Å². The van der Waals surface area contributed by atoms with Crippen LogP contribution >= 0.6 is 0 Å². The van der Waals surface area contributed by atoms with E-state index in [-0.39, 0.29) is 24.1 Å². The number of Topliss-reactive ketones (excluding diaryl/α,β-unsaturated/α-hetero) is 1. The second-order valence-corrected chi connectivity index (χ2v) is 5.91. The summed E-state index contributed by atoms with van der Waals surface area (Å²) in [4.78, 5) is 25.0. The van der Waals surface area contributed by atoms with Gasteiger partial charge in [0.05, 0.1) is 18.3 Å². The lowest BCUT2D eigenvalue weighted by Gasteiger charge is -2.16. The molecule has 2 rings (SSSR count). The molecule has 1 aromatic rings. The monoisotopic (exact) mass is 305 g/mol. The second kappa shape index (κ2) is 6.48. The van der Waals surface area contributed by atoms with Gasteiger partial charge in [0.15, 0.2) is 5.78 Å². The van der Waals surface area contributed by atoms with Crippen LogP contribution in [0.15, 0.2) is 24.3 Å². The minimum Gasteiger partial charge on any atom is -0.465 e. The van der Waals surface area contributed by atoms with E-state index in [4.69, 9.17) is 9.47 Å². The smallest absolute Gasteiger partial charge is 0.316 e. The number of ether oxygens (including phenoxy) is 2. The van der Waals surface area contributed by atoms with E-state index in [1.807, 2.05) is 26.0 Å². The van der Waals surface area contributed by atoms with Crippen molar-refractivity contribution in [1.82, 2.24) is 0 Å². The van der Waals surface area contributed by atoms with Gasteiger partial charge < -0.3 is 14.8 Å². The molecule has 22 heavy (non-hydrogen) atoms. The van der Waals surface area contributed by atoms with E-state index in [2.05, 4.69) is 5.32 Å². The molecule has 0 saturated carbocycles. The summed E-state index contributed by atoms with van der Waals surface area (Å²) in [5.41, 5.74) is 0.937. The average Bonchev–Trinajstić information content (AvgIpc) is 3.11. The lowest BCUT2D eigenvalue weighted by molar-refractivity contribution is -0.146. The topological polar surface area (TPSA) is 67.9 Å². The fourth-order valence-corrected chi connectivity index (χ4v) is 2.54. The van der Waals surface area contributed by atoms with Crippen molar-refractivity contribution < 1.29 is 19.1 Å². The van der Waals surface area contributed by atoms with Gasteiger partial charge in [0.2, 0.25) is 0 Å². The van der Waals surface area contributed by atoms with Gasteiger partial charge in [-0.15, -0.1) is 0 Å². The number of hydrogen-bond acceptors (Lipinski definition) is 5. The third-order valence-corrected chi connectivity index (χ3v) is 3.96. The largest absolute Gasteiger partial charge is 0.465 e. The summed E-state index contributed by atoms with van der Waals surface area (Å²) in [6.07, 6.45) is 0.260. The maximum Gasteiger partial charge on any atom is 0.316 e. The Morgan fingerprint density at radius 2 is 2.00 bits per heavy atom. The highest BCUT2D eigenvalue weighted by atomic mass is 16.6. The van der Waals surface area contributed by atoms with E-state index in [0.717, 1.165) is 0 Å². The molecule has 2 unspecified atom stereocenters. The molecule has 1 saturated heterocycles. The molecule has 0 bridgehead atoms. The number of para-hydroxylation sites is 1. The van der Waals surface area contributed by atoms with Crippen molar-refractivity contribution >= 4 is 17.4 Å². The van der Waals surface area contributed by atoms with E-state index in [1.54, 1.807) is 26.1 Å². The Labute approximate surface area is 131 Å². The molecule has 1 fully saturated rings. The zero-order chi connectivity index (χ0) is 16.3. The number of esters is 1. The Kier molecular flexibility index (Phi) is 4.86. The zero-order valence-electron chi connectivity index (χ0n) is 13.5. The highest BCUT2D eigenvalue weighted by Gasteiger charge is 2.50. The fourth-order valence-electron chi connectivity index (χ4n) is 2.54. The lowest BCUT2D eigenvalue weighted by atomic mass is 9.90. The Morgan fingerprint density at radius 3 is 2.55 bits per heavy atom. The predicted octanol–water partition coefficient (Wildman–Crippen LogP) is 2.66. The van der Waals surface area contributed by atoms with Gasteiger partial charge >= 0.3 is 5.97 Å². The van der Waals surface area contributed by atoms with Crippen LogP contribution in [-0.4, -0.2) is 37.1 Å². The van der Waals surface area contributed by atoms with Crippen LogP contribution in [0.25, 0.3) is 0 Å². The molecule has 2 atom stereocenters. The normalized spacial score (nSPS) is 20.1. The van der Waals surface area contributed by atoms with Crippen molar-refractivity contribution in [2.75, 3.05) is 19.0 Å². The third kappa shape index (κ3) is 3.47. The predicted molar refractivity (Wildman–Crippen MR) is 84.0 cm³/mol. The second-order valence-electron chi connectivity index (χ2n) is 5.91. The first-order valence-corrected chi connectivity index (χ1v) is 7.56. The fraction of sp³-hybridized carbons (Fsp3) is 0.529. The van der Waals surface area contributed by atoms with Gasteiger partial charge in [-0.1, -0.05) is 12.1 Å². The first-order valence-electron chi connectivity index (χ1n) is 7.56. The van der Waals surface area contributed by atoms with Crippen LogP contribution in [0.3, 0.4) is 0 Å². The molecule has 0 spiro atoms. The summed E-state index contributed by atoms with van der Waals surface area (Å²) >= 11 is 0. The van der Waals surface area contributed by atoms with Gasteiger partial charge in [0.1, 0.15) is 5.92 Å². The van der Waals surface area contributed by atoms with E-state index < -0.39 is 11.9 Å². The Balaban J connectivity index is 2.23. The van der Waals surface area contributed by atoms with Crippen LogP contribution in [0, 0.1) is 5.92 Å². The highest BCUT2D eigenvalue weighted by Crippen LogP contribution is 2.40. The summed E-state index contributed by atoms with van der Waals surface area (Å²) in [6, 6.07) is 7.16. The Hall–Kier alpha value is -1.88. The number of hydrogen-bond donors (Lipinski definition) is 1. The molecule has 1 aliphatic heterocycles. The van der Waals surface area contributed by atoms with E-state index >= 15 is 0 Å². The summed E-state index contributed by atoms with van der Waals surface area (Å²) in [7, 11) is 1.75. The number of carbonyl (C=O) groups is 2. The zero-order valence-corrected chi connectivity index (χ0v) is 13.5. The minimum absolute atomic E-state index is 0.0902. The van der Waals surface area contributed by atoms with Crippen LogP contribution in [-0.2, 0) is 14.3 Å². The first-order chi connectivity index (χ1) is 10.4. The summed E-state index contributed by atoms with van der Waals surface area (Å²) in [5, 5.41) is 2.98. The third-order valence-electron chi connectivity index (χ3n) is 3.96. The van der Waals surface area contributed by atoms with Crippen molar-refractivity contribution in [3.63, 3.8) is 0 Å². The molecule has 120 valence electrons. The summed E-state index contributed by atoms with van der Waals surface area (Å²) in [5.74, 6) is -1.54. The molecule has 5 heteroatoms. The molecular formula is C17H23NO4. The number of rotatable bonds is 7. The van der Waals surface area contributed by atoms with Crippen LogP contribution < -0.4 is 5.32 Å². The number of epoxide rings is 1.